The molecule has 244 valence electrons. The third-order valence-electron chi connectivity index (χ3n) is 7.09. The van der Waals surface area contributed by atoms with Gasteiger partial charge in [-0.1, -0.05) is 12.5 Å². The van der Waals surface area contributed by atoms with Gasteiger partial charge in [-0.05, 0) is 61.4 Å². The van der Waals surface area contributed by atoms with Crippen LogP contribution in [0.5, 0.6) is 17.2 Å². The van der Waals surface area contributed by atoms with Crippen molar-refractivity contribution in [3.05, 3.63) is 66.2 Å². The van der Waals surface area contributed by atoms with E-state index >= 15 is 0 Å². The highest BCUT2D eigenvalue weighted by Gasteiger charge is 2.34. The summed E-state index contributed by atoms with van der Waals surface area (Å²) in [5, 5.41) is 2.47. The number of amides is 1. The zero-order chi connectivity index (χ0) is 33.0. The molecule has 1 N–H and O–H groups in total. The topological polar surface area (TPSA) is 132 Å². The number of sulfonamides is 2. The van der Waals surface area contributed by atoms with E-state index in [0.717, 1.165) is 36.8 Å². The minimum atomic E-state index is -4.80. The van der Waals surface area contributed by atoms with Crippen LogP contribution in [0.1, 0.15) is 24.8 Å². The molecular weight excluding hydrogens is 639 g/mol. The van der Waals surface area contributed by atoms with Crippen molar-refractivity contribution in [3.8, 4) is 17.2 Å². The molecule has 4 rings (SSSR count). The highest BCUT2D eigenvalue weighted by molar-refractivity contribution is 7.92. The third-order valence-corrected chi connectivity index (χ3v) is 10.8. The fourth-order valence-corrected chi connectivity index (χ4v) is 7.75. The predicted molar refractivity (Wildman–Crippen MR) is 160 cm³/mol. The van der Waals surface area contributed by atoms with Crippen LogP contribution in [0.4, 0.5) is 24.5 Å². The molecule has 0 bridgehead atoms. The van der Waals surface area contributed by atoms with Crippen LogP contribution in [-0.4, -0.2) is 68.0 Å². The van der Waals surface area contributed by atoms with E-state index in [9.17, 15) is 34.8 Å². The van der Waals surface area contributed by atoms with Crippen LogP contribution < -0.4 is 23.8 Å². The molecule has 0 aliphatic carbocycles. The van der Waals surface area contributed by atoms with Gasteiger partial charge in [-0.25, -0.2) is 16.8 Å². The number of halogens is 3. The van der Waals surface area contributed by atoms with Gasteiger partial charge in [0.2, 0.25) is 15.9 Å². The zero-order valence-electron chi connectivity index (χ0n) is 24.6. The number of rotatable bonds is 11. The Morgan fingerprint density at radius 3 is 2.07 bits per heavy atom. The van der Waals surface area contributed by atoms with E-state index in [1.807, 2.05) is 0 Å². The Morgan fingerprint density at radius 1 is 0.822 bits per heavy atom. The van der Waals surface area contributed by atoms with Crippen molar-refractivity contribution in [2.75, 3.05) is 50.6 Å². The summed E-state index contributed by atoms with van der Waals surface area (Å²) >= 11 is 0. The molecule has 1 aliphatic heterocycles. The van der Waals surface area contributed by atoms with Gasteiger partial charge in [0, 0.05) is 19.2 Å². The van der Waals surface area contributed by atoms with Gasteiger partial charge in [0.1, 0.15) is 12.3 Å². The first-order valence-electron chi connectivity index (χ1n) is 13.6. The normalized spacial score (nSPS) is 14.4. The van der Waals surface area contributed by atoms with E-state index in [1.165, 1.54) is 49.9 Å². The lowest BCUT2D eigenvalue weighted by molar-refractivity contribution is -0.137. The summed E-state index contributed by atoms with van der Waals surface area (Å²) in [5.41, 5.74) is -1.65. The maximum atomic E-state index is 13.9. The molecule has 11 nitrogen and oxygen atoms in total. The van der Waals surface area contributed by atoms with Crippen molar-refractivity contribution in [2.24, 2.45) is 0 Å². The molecule has 1 aliphatic rings. The average molecular weight is 672 g/mol. The van der Waals surface area contributed by atoms with Gasteiger partial charge in [-0.15, -0.1) is 0 Å². The number of piperidine rings is 1. The van der Waals surface area contributed by atoms with Gasteiger partial charge in [0.15, 0.2) is 11.5 Å². The van der Waals surface area contributed by atoms with Gasteiger partial charge >= 0.3 is 6.18 Å². The standard InChI is InChI=1S/C29H32F3N3O8S2/c1-41-25-12-10-22(44(37,38)34-14-5-4-6-15-34)17-24(25)33-28(36)19-35(21-9-7-8-20(16-21)29(30,31)32)45(39,40)23-11-13-26(42-2)27(18-23)43-3/h7-13,16-18H,4-6,14-15,19H2,1-3H3,(H,33,36). The molecule has 16 heteroatoms. The Hall–Kier alpha value is -4.02. The second-order valence-corrected chi connectivity index (χ2v) is 13.8. The van der Waals surface area contributed by atoms with Gasteiger partial charge in [0.25, 0.3) is 10.0 Å². The van der Waals surface area contributed by atoms with Gasteiger partial charge in [-0.3, -0.25) is 9.10 Å². The third kappa shape index (κ3) is 7.45. The predicted octanol–water partition coefficient (Wildman–Crippen LogP) is 4.74. The summed E-state index contributed by atoms with van der Waals surface area (Å²) in [4.78, 5) is 12.9. The molecule has 0 unspecified atom stereocenters. The van der Waals surface area contributed by atoms with E-state index in [1.54, 1.807) is 0 Å². The number of nitrogens with zero attached hydrogens (tertiary/aromatic N) is 2. The van der Waals surface area contributed by atoms with Crippen LogP contribution in [0.3, 0.4) is 0 Å². The smallest absolute Gasteiger partial charge is 0.416 e. The van der Waals surface area contributed by atoms with E-state index in [2.05, 4.69) is 5.32 Å². The summed E-state index contributed by atoms with van der Waals surface area (Å²) in [6.07, 6.45) is -2.48. The van der Waals surface area contributed by atoms with Crippen molar-refractivity contribution in [1.82, 2.24) is 4.31 Å². The number of carbonyl (C=O) groups is 1. The zero-order valence-corrected chi connectivity index (χ0v) is 26.3. The Bertz CT molecular complexity index is 1760. The van der Waals surface area contributed by atoms with Crippen LogP contribution >= 0.6 is 0 Å². The highest BCUT2D eigenvalue weighted by atomic mass is 32.2. The minimum absolute atomic E-state index is 0.0310. The summed E-state index contributed by atoms with van der Waals surface area (Å²) in [7, 11) is -4.69. The Labute approximate surface area is 259 Å². The van der Waals surface area contributed by atoms with Crippen molar-refractivity contribution in [2.45, 2.75) is 35.2 Å². The molecule has 0 saturated carbocycles. The van der Waals surface area contributed by atoms with Gasteiger partial charge < -0.3 is 19.5 Å². The lowest BCUT2D eigenvalue weighted by atomic mass is 10.2. The maximum absolute atomic E-state index is 13.9. The van der Waals surface area contributed by atoms with E-state index in [-0.39, 0.29) is 27.8 Å². The van der Waals surface area contributed by atoms with Crippen LogP contribution in [-0.2, 0) is 31.0 Å². The van der Waals surface area contributed by atoms with Gasteiger partial charge in [-0.2, -0.15) is 17.5 Å². The number of nitrogens with one attached hydrogen (secondary N) is 1. The fourth-order valence-electron chi connectivity index (χ4n) is 4.78. The van der Waals surface area contributed by atoms with Crippen molar-refractivity contribution >= 4 is 37.3 Å². The molecular formula is C29H32F3N3O8S2. The molecule has 3 aromatic rings. The molecule has 1 amide bonds. The number of hydrogen-bond acceptors (Lipinski definition) is 8. The Balaban J connectivity index is 1.73. The molecule has 0 spiro atoms. The second-order valence-electron chi connectivity index (χ2n) is 9.95. The first kappa shape index (κ1) is 33.9. The lowest BCUT2D eigenvalue weighted by Crippen LogP contribution is -2.38. The molecule has 0 radical (unpaired) electrons. The molecule has 3 aromatic carbocycles. The number of ether oxygens (including phenoxy) is 3. The quantitative estimate of drug-likeness (QED) is 0.310. The maximum Gasteiger partial charge on any atom is 0.416 e. The number of anilines is 2. The van der Waals surface area contributed by atoms with Crippen LogP contribution in [0.2, 0.25) is 0 Å². The average Bonchev–Trinajstić information content (AvgIpc) is 3.03. The Morgan fingerprint density at radius 2 is 1.44 bits per heavy atom. The van der Waals surface area contributed by atoms with Crippen molar-refractivity contribution < 1.29 is 49.0 Å². The van der Waals surface area contributed by atoms with E-state index in [0.29, 0.717) is 36.3 Å². The highest BCUT2D eigenvalue weighted by Crippen LogP contribution is 2.36. The molecule has 0 atom stereocenters. The van der Waals surface area contributed by atoms with Gasteiger partial charge in [0.05, 0.1) is 48.1 Å². The number of benzene rings is 3. The minimum Gasteiger partial charge on any atom is -0.495 e. The van der Waals surface area contributed by atoms with Crippen molar-refractivity contribution in [3.63, 3.8) is 0 Å². The van der Waals surface area contributed by atoms with Crippen LogP contribution in [0.15, 0.2) is 70.5 Å². The van der Waals surface area contributed by atoms with Crippen LogP contribution in [0, 0.1) is 0 Å². The molecule has 1 heterocycles. The monoisotopic (exact) mass is 671 g/mol. The molecule has 0 aromatic heterocycles. The number of alkyl halides is 3. The number of methoxy groups -OCH3 is 3. The number of hydrogen-bond donors (Lipinski definition) is 1. The van der Waals surface area contributed by atoms with Crippen molar-refractivity contribution in [1.29, 1.82) is 0 Å². The fraction of sp³-hybridized carbons (Fsp3) is 0.345. The van der Waals surface area contributed by atoms with E-state index in [4.69, 9.17) is 14.2 Å². The first-order chi connectivity index (χ1) is 21.2. The van der Waals surface area contributed by atoms with Crippen LogP contribution in [0.25, 0.3) is 0 Å². The SMILES string of the molecule is COc1ccc(S(=O)(=O)N2CCCCC2)cc1NC(=O)CN(c1cccc(C(F)(F)F)c1)S(=O)(=O)c1ccc(OC)c(OC)c1. The largest absolute Gasteiger partial charge is 0.495 e. The summed E-state index contributed by atoms with van der Waals surface area (Å²) in [6.45, 7) is -0.295. The first-order valence-corrected chi connectivity index (χ1v) is 16.5. The summed E-state index contributed by atoms with van der Waals surface area (Å²) in [5.74, 6) is -0.675. The summed E-state index contributed by atoms with van der Waals surface area (Å²) in [6, 6.07) is 11.0. The Kier molecular flexibility index (Phi) is 10.2. The number of carbonyl (C=O) groups excluding carboxylic acids is 1. The lowest BCUT2D eigenvalue weighted by Gasteiger charge is -2.26. The summed E-state index contributed by atoms with van der Waals surface area (Å²) < 4.78 is 113. The molecule has 1 fully saturated rings. The molecule has 1 saturated heterocycles. The van der Waals surface area contributed by atoms with E-state index < -0.39 is 54.8 Å². The molecule has 45 heavy (non-hydrogen) atoms. The second kappa shape index (κ2) is 13.5.